The van der Waals surface area contributed by atoms with E-state index in [9.17, 15) is 9.59 Å². The van der Waals surface area contributed by atoms with E-state index in [4.69, 9.17) is 16.3 Å². The first-order valence-corrected chi connectivity index (χ1v) is 8.74. The molecule has 2 aromatic heterocycles. The van der Waals surface area contributed by atoms with Crippen LogP contribution in [0.1, 0.15) is 30.6 Å². The van der Waals surface area contributed by atoms with Gasteiger partial charge < -0.3 is 4.74 Å². The molecule has 0 aliphatic carbocycles. The average Bonchev–Trinajstić information content (AvgIpc) is 3.16. The SMILES string of the molecule is Cc1ccc(C(=O)COC(=O)c2c(C)nn(-c3ccccc3)c2Cl)s1. The molecule has 7 heteroatoms. The smallest absolute Gasteiger partial charge is 0.343 e. The number of rotatable bonds is 5. The molecule has 5 nitrogen and oxygen atoms in total. The topological polar surface area (TPSA) is 61.2 Å². The molecule has 0 amide bonds. The molecule has 0 fully saturated rings. The van der Waals surface area contributed by atoms with Crippen molar-refractivity contribution in [3.63, 3.8) is 0 Å². The number of aryl methyl sites for hydroxylation is 2. The molecule has 0 aliphatic rings. The van der Waals surface area contributed by atoms with E-state index in [0.29, 0.717) is 10.6 Å². The Morgan fingerprint density at radius 3 is 2.52 bits per heavy atom. The number of benzene rings is 1. The maximum atomic E-state index is 12.4. The summed E-state index contributed by atoms with van der Waals surface area (Å²) in [7, 11) is 0. The molecule has 25 heavy (non-hydrogen) atoms. The minimum atomic E-state index is -0.661. The number of nitrogens with zero attached hydrogens (tertiary/aromatic N) is 2. The molecule has 0 saturated heterocycles. The fourth-order valence-electron chi connectivity index (χ4n) is 2.33. The molecule has 3 aromatic rings. The Labute approximate surface area is 153 Å². The lowest BCUT2D eigenvalue weighted by Crippen LogP contribution is -2.14. The number of para-hydroxylation sites is 1. The minimum absolute atomic E-state index is 0.160. The Balaban J connectivity index is 1.76. The van der Waals surface area contributed by atoms with Crippen LogP contribution in [-0.2, 0) is 4.74 Å². The van der Waals surface area contributed by atoms with Gasteiger partial charge in [0.1, 0.15) is 10.7 Å². The summed E-state index contributed by atoms with van der Waals surface area (Å²) < 4.78 is 6.61. The maximum absolute atomic E-state index is 12.4. The van der Waals surface area contributed by atoms with Gasteiger partial charge in [0, 0.05) is 4.88 Å². The summed E-state index contributed by atoms with van der Waals surface area (Å²) in [6.45, 7) is 3.26. The first-order chi connectivity index (χ1) is 12.0. The van der Waals surface area contributed by atoms with Crippen molar-refractivity contribution in [3.8, 4) is 5.69 Å². The Morgan fingerprint density at radius 2 is 1.88 bits per heavy atom. The standard InChI is InChI=1S/C18H15ClN2O3S/c1-11-8-9-15(25-11)14(22)10-24-18(23)16-12(2)20-21(17(16)19)13-6-4-3-5-7-13/h3-9H,10H2,1-2H3. The fraction of sp³-hybridized carbons (Fsp3) is 0.167. The van der Waals surface area contributed by atoms with Gasteiger partial charge in [-0.1, -0.05) is 29.8 Å². The highest BCUT2D eigenvalue weighted by molar-refractivity contribution is 7.14. The highest BCUT2D eigenvalue weighted by atomic mass is 35.5. The zero-order valence-electron chi connectivity index (χ0n) is 13.7. The van der Waals surface area contributed by atoms with Crippen molar-refractivity contribution >= 4 is 34.7 Å². The van der Waals surface area contributed by atoms with Gasteiger partial charge in [0.15, 0.2) is 6.61 Å². The number of Topliss-reactive ketones (excluding diaryl/α,β-unsaturated/α-hetero) is 1. The summed E-state index contributed by atoms with van der Waals surface area (Å²) >= 11 is 7.68. The van der Waals surface area contributed by atoms with Gasteiger partial charge in [0.25, 0.3) is 0 Å². The zero-order valence-corrected chi connectivity index (χ0v) is 15.2. The first kappa shape index (κ1) is 17.4. The van der Waals surface area contributed by atoms with Crippen molar-refractivity contribution in [2.24, 2.45) is 0 Å². The third-order valence-electron chi connectivity index (χ3n) is 3.56. The number of thiophene rings is 1. The van der Waals surface area contributed by atoms with Crippen molar-refractivity contribution in [1.82, 2.24) is 9.78 Å². The minimum Gasteiger partial charge on any atom is -0.454 e. The zero-order chi connectivity index (χ0) is 18.0. The second kappa shape index (κ2) is 7.21. The van der Waals surface area contributed by atoms with Gasteiger partial charge in [-0.15, -0.1) is 11.3 Å². The monoisotopic (exact) mass is 374 g/mol. The molecule has 0 saturated carbocycles. The molecule has 0 unspecified atom stereocenters. The second-order valence-corrected chi connectivity index (χ2v) is 7.05. The fourth-order valence-corrected chi connectivity index (χ4v) is 3.47. The lowest BCUT2D eigenvalue weighted by molar-refractivity contribution is 0.0475. The van der Waals surface area contributed by atoms with E-state index in [2.05, 4.69) is 5.10 Å². The van der Waals surface area contributed by atoms with E-state index < -0.39 is 5.97 Å². The summed E-state index contributed by atoms with van der Waals surface area (Å²) in [5.41, 5.74) is 1.35. The molecule has 0 bridgehead atoms. The summed E-state index contributed by atoms with van der Waals surface area (Å²) in [6.07, 6.45) is 0. The number of hydrogen-bond acceptors (Lipinski definition) is 5. The summed E-state index contributed by atoms with van der Waals surface area (Å²) in [5, 5.41) is 4.45. The number of hydrogen-bond donors (Lipinski definition) is 0. The molecule has 128 valence electrons. The summed E-state index contributed by atoms with van der Waals surface area (Å²) in [5.74, 6) is -0.901. The van der Waals surface area contributed by atoms with Crippen molar-refractivity contribution < 1.29 is 14.3 Å². The average molecular weight is 375 g/mol. The molecule has 2 heterocycles. The van der Waals surface area contributed by atoms with Crippen LogP contribution in [0, 0.1) is 13.8 Å². The second-order valence-electron chi connectivity index (χ2n) is 5.41. The van der Waals surface area contributed by atoms with Crippen LogP contribution < -0.4 is 0 Å². The number of aromatic nitrogens is 2. The van der Waals surface area contributed by atoms with Gasteiger partial charge in [-0.25, -0.2) is 9.48 Å². The molecule has 0 spiro atoms. The quantitative estimate of drug-likeness (QED) is 0.495. The summed E-state index contributed by atoms with van der Waals surface area (Å²) in [6, 6.07) is 12.8. The van der Waals surface area contributed by atoms with Crippen LogP contribution in [0.2, 0.25) is 5.15 Å². The molecular weight excluding hydrogens is 360 g/mol. The van der Waals surface area contributed by atoms with E-state index in [1.165, 1.54) is 16.0 Å². The molecule has 3 rings (SSSR count). The van der Waals surface area contributed by atoms with Crippen LogP contribution in [0.25, 0.3) is 5.69 Å². The molecular formula is C18H15ClN2O3S. The largest absolute Gasteiger partial charge is 0.454 e. The maximum Gasteiger partial charge on any atom is 0.343 e. The number of carbonyl (C=O) groups excluding carboxylic acids is 2. The highest BCUT2D eigenvalue weighted by Gasteiger charge is 2.23. The van der Waals surface area contributed by atoms with Crippen molar-refractivity contribution in [3.05, 3.63) is 68.6 Å². The van der Waals surface area contributed by atoms with Crippen molar-refractivity contribution in [1.29, 1.82) is 0 Å². The van der Waals surface area contributed by atoms with Gasteiger partial charge in [-0.2, -0.15) is 5.10 Å². The molecule has 0 atom stereocenters. The first-order valence-electron chi connectivity index (χ1n) is 7.54. The Hall–Kier alpha value is -2.44. The van der Waals surface area contributed by atoms with Gasteiger partial charge in [-0.05, 0) is 38.1 Å². The third kappa shape index (κ3) is 3.65. The third-order valence-corrected chi connectivity index (χ3v) is 4.95. The lowest BCUT2D eigenvalue weighted by Gasteiger charge is -2.04. The van der Waals surface area contributed by atoms with Crippen molar-refractivity contribution in [2.75, 3.05) is 6.61 Å². The van der Waals surface area contributed by atoms with Crippen LogP contribution in [0.5, 0.6) is 0 Å². The van der Waals surface area contributed by atoms with Gasteiger partial charge >= 0.3 is 5.97 Å². The van der Waals surface area contributed by atoms with Crippen LogP contribution in [0.15, 0.2) is 42.5 Å². The summed E-state index contributed by atoms with van der Waals surface area (Å²) in [4.78, 5) is 26.0. The predicted octanol–water partition coefficient (Wildman–Crippen LogP) is 4.24. The van der Waals surface area contributed by atoms with Crippen LogP contribution in [-0.4, -0.2) is 28.1 Å². The molecule has 0 N–H and O–H groups in total. The Morgan fingerprint density at radius 1 is 1.16 bits per heavy atom. The van der Waals surface area contributed by atoms with Crippen molar-refractivity contribution in [2.45, 2.75) is 13.8 Å². The van der Waals surface area contributed by atoms with E-state index in [1.54, 1.807) is 13.0 Å². The highest BCUT2D eigenvalue weighted by Crippen LogP contribution is 2.24. The van der Waals surface area contributed by atoms with Gasteiger partial charge in [0.05, 0.1) is 16.3 Å². The van der Waals surface area contributed by atoms with E-state index >= 15 is 0 Å². The Bertz CT molecular complexity index is 931. The van der Waals surface area contributed by atoms with E-state index in [1.807, 2.05) is 43.3 Å². The van der Waals surface area contributed by atoms with Crippen LogP contribution >= 0.6 is 22.9 Å². The molecule has 0 aliphatic heterocycles. The van der Waals surface area contributed by atoms with Crippen LogP contribution in [0.3, 0.4) is 0 Å². The van der Waals surface area contributed by atoms with E-state index in [0.717, 1.165) is 10.6 Å². The lowest BCUT2D eigenvalue weighted by atomic mass is 10.2. The van der Waals surface area contributed by atoms with Gasteiger partial charge in [-0.3, -0.25) is 4.79 Å². The number of ether oxygens (including phenoxy) is 1. The molecule has 0 radical (unpaired) electrons. The number of ketones is 1. The number of carbonyl (C=O) groups is 2. The normalized spacial score (nSPS) is 10.7. The predicted molar refractivity (Wildman–Crippen MR) is 97.0 cm³/mol. The van der Waals surface area contributed by atoms with Crippen LogP contribution in [0.4, 0.5) is 0 Å². The number of halogens is 1. The number of esters is 1. The van der Waals surface area contributed by atoms with Gasteiger partial charge in [0.2, 0.25) is 5.78 Å². The molecule has 1 aromatic carbocycles. The van der Waals surface area contributed by atoms with E-state index in [-0.39, 0.29) is 23.1 Å². The Kier molecular flexibility index (Phi) is 5.01.